The summed E-state index contributed by atoms with van der Waals surface area (Å²) in [7, 11) is 0. The molecule has 2 aromatic rings. The van der Waals surface area contributed by atoms with E-state index in [1.807, 2.05) is 13.8 Å². The summed E-state index contributed by atoms with van der Waals surface area (Å²) in [5.74, 6) is 7.77. The van der Waals surface area contributed by atoms with E-state index in [2.05, 4.69) is 51.9 Å². The number of benzene rings is 1. The van der Waals surface area contributed by atoms with Crippen molar-refractivity contribution in [2.24, 2.45) is 5.84 Å². The Balaban J connectivity index is 2.20. The summed E-state index contributed by atoms with van der Waals surface area (Å²) in [4.78, 5) is 8.87. The molecule has 0 amide bonds. The molecule has 5 heteroatoms. The quantitative estimate of drug-likeness (QED) is 0.575. The molecule has 1 heterocycles. The monoisotopic (exact) mass is 271 g/mol. The molecule has 0 unspecified atom stereocenters. The normalized spacial score (nSPS) is 10.4. The number of nitrogens with one attached hydrogen (secondary N) is 2. The van der Waals surface area contributed by atoms with Crippen molar-refractivity contribution in [1.82, 2.24) is 9.97 Å². The first-order valence-corrected chi connectivity index (χ1v) is 6.77. The molecular formula is C15H21N5. The first-order valence-electron chi connectivity index (χ1n) is 6.77. The summed E-state index contributed by atoms with van der Waals surface area (Å²) < 4.78 is 0. The molecule has 0 fully saturated rings. The van der Waals surface area contributed by atoms with Crippen molar-refractivity contribution in [2.75, 3.05) is 10.7 Å². The molecule has 0 radical (unpaired) electrons. The molecule has 1 aromatic heterocycles. The fraction of sp³-hybridized carbons (Fsp3) is 0.333. The third kappa shape index (κ3) is 3.24. The minimum Gasteiger partial charge on any atom is -0.366 e. The maximum absolute atomic E-state index is 5.50. The Kier molecular flexibility index (Phi) is 4.53. The molecule has 0 bridgehead atoms. The van der Waals surface area contributed by atoms with E-state index in [-0.39, 0.29) is 0 Å². The van der Waals surface area contributed by atoms with Gasteiger partial charge in [0, 0.05) is 18.5 Å². The highest BCUT2D eigenvalue weighted by Gasteiger charge is 2.09. The maximum Gasteiger partial charge on any atom is 0.148 e. The van der Waals surface area contributed by atoms with Gasteiger partial charge in [0.05, 0.1) is 0 Å². The molecular weight excluding hydrogens is 250 g/mol. The Morgan fingerprint density at radius 2 is 1.90 bits per heavy atom. The second-order valence-corrected chi connectivity index (χ2v) is 4.80. The topological polar surface area (TPSA) is 75.9 Å². The molecule has 20 heavy (non-hydrogen) atoms. The van der Waals surface area contributed by atoms with Crippen LogP contribution in [0.15, 0.2) is 24.3 Å². The fourth-order valence-corrected chi connectivity index (χ4v) is 2.04. The third-order valence-corrected chi connectivity index (χ3v) is 3.19. The van der Waals surface area contributed by atoms with Gasteiger partial charge in [0.15, 0.2) is 0 Å². The van der Waals surface area contributed by atoms with Crippen LogP contribution in [0.1, 0.15) is 29.4 Å². The minimum atomic E-state index is 0.670. The van der Waals surface area contributed by atoms with Crippen LogP contribution in [0.25, 0.3) is 0 Å². The Bertz CT molecular complexity index is 595. The molecule has 0 aliphatic rings. The highest BCUT2D eigenvalue weighted by Crippen LogP contribution is 2.20. The SMILES string of the molecule is CCc1nc(NN)c(C)c(NCc2cccc(C)c2)n1. The molecule has 5 nitrogen and oxygen atoms in total. The number of hydrazine groups is 1. The van der Waals surface area contributed by atoms with Crippen molar-refractivity contribution >= 4 is 11.6 Å². The minimum absolute atomic E-state index is 0.670. The Labute approximate surface area is 119 Å². The predicted molar refractivity (Wildman–Crippen MR) is 82.5 cm³/mol. The van der Waals surface area contributed by atoms with Crippen molar-refractivity contribution < 1.29 is 0 Å². The van der Waals surface area contributed by atoms with E-state index >= 15 is 0 Å². The van der Waals surface area contributed by atoms with Gasteiger partial charge in [-0.25, -0.2) is 15.8 Å². The second-order valence-electron chi connectivity index (χ2n) is 4.80. The highest BCUT2D eigenvalue weighted by atomic mass is 15.3. The predicted octanol–water partition coefficient (Wildman–Crippen LogP) is 2.55. The smallest absolute Gasteiger partial charge is 0.148 e. The molecule has 4 N–H and O–H groups in total. The maximum atomic E-state index is 5.50. The number of aryl methyl sites for hydroxylation is 2. The zero-order valence-electron chi connectivity index (χ0n) is 12.2. The number of nitrogen functional groups attached to an aromatic ring is 1. The van der Waals surface area contributed by atoms with E-state index in [0.29, 0.717) is 5.82 Å². The van der Waals surface area contributed by atoms with Crippen LogP contribution in [-0.2, 0) is 13.0 Å². The van der Waals surface area contributed by atoms with Crippen molar-refractivity contribution in [3.05, 3.63) is 46.8 Å². The Morgan fingerprint density at radius 3 is 2.55 bits per heavy atom. The molecule has 1 aromatic carbocycles. The van der Waals surface area contributed by atoms with Crippen LogP contribution >= 0.6 is 0 Å². The molecule has 0 aliphatic carbocycles. The number of aromatic nitrogens is 2. The van der Waals surface area contributed by atoms with Crippen LogP contribution in [-0.4, -0.2) is 9.97 Å². The summed E-state index contributed by atoms with van der Waals surface area (Å²) in [6.07, 6.45) is 0.772. The summed E-state index contributed by atoms with van der Waals surface area (Å²) in [5, 5.41) is 3.36. The number of nitrogens with zero attached hydrogens (tertiary/aromatic N) is 2. The average molecular weight is 271 g/mol. The molecule has 0 atom stereocenters. The van der Waals surface area contributed by atoms with Crippen LogP contribution in [0.4, 0.5) is 11.6 Å². The molecule has 0 saturated carbocycles. The van der Waals surface area contributed by atoms with Gasteiger partial charge in [0.2, 0.25) is 0 Å². The first-order chi connectivity index (χ1) is 9.63. The van der Waals surface area contributed by atoms with Gasteiger partial charge >= 0.3 is 0 Å². The number of anilines is 2. The van der Waals surface area contributed by atoms with Crippen molar-refractivity contribution in [2.45, 2.75) is 33.7 Å². The highest BCUT2D eigenvalue weighted by molar-refractivity contribution is 5.56. The zero-order valence-corrected chi connectivity index (χ0v) is 12.2. The van der Waals surface area contributed by atoms with Gasteiger partial charge in [0.25, 0.3) is 0 Å². The zero-order chi connectivity index (χ0) is 14.5. The molecule has 0 spiro atoms. The first kappa shape index (κ1) is 14.3. The lowest BCUT2D eigenvalue weighted by Gasteiger charge is -2.13. The van der Waals surface area contributed by atoms with Crippen molar-refractivity contribution in [3.8, 4) is 0 Å². The van der Waals surface area contributed by atoms with Gasteiger partial charge in [-0.05, 0) is 19.4 Å². The lowest BCUT2D eigenvalue weighted by molar-refractivity contribution is 0.921. The number of nitrogens with two attached hydrogens (primary N) is 1. The van der Waals surface area contributed by atoms with Crippen LogP contribution in [0.5, 0.6) is 0 Å². The van der Waals surface area contributed by atoms with Crippen LogP contribution in [0, 0.1) is 13.8 Å². The van der Waals surface area contributed by atoms with Crippen LogP contribution in [0.2, 0.25) is 0 Å². The van der Waals surface area contributed by atoms with Gasteiger partial charge in [0.1, 0.15) is 17.5 Å². The van der Waals surface area contributed by atoms with E-state index in [1.165, 1.54) is 11.1 Å². The summed E-state index contributed by atoms with van der Waals surface area (Å²) in [6.45, 7) is 6.79. The third-order valence-electron chi connectivity index (χ3n) is 3.19. The molecule has 0 saturated heterocycles. The summed E-state index contributed by atoms with van der Waals surface area (Å²) in [6, 6.07) is 8.40. The molecule has 0 aliphatic heterocycles. The fourth-order valence-electron chi connectivity index (χ4n) is 2.04. The van der Waals surface area contributed by atoms with Gasteiger partial charge in [-0.1, -0.05) is 36.8 Å². The van der Waals surface area contributed by atoms with E-state index < -0.39 is 0 Å². The van der Waals surface area contributed by atoms with Crippen LogP contribution < -0.4 is 16.6 Å². The number of hydrogen-bond acceptors (Lipinski definition) is 5. The van der Waals surface area contributed by atoms with Gasteiger partial charge in [-0.15, -0.1) is 0 Å². The van der Waals surface area contributed by atoms with E-state index in [0.717, 1.165) is 30.2 Å². The van der Waals surface area contributed by atoms with Crippen LogP contribution in [0.3, 0.4) is 0 Å². The largest absolute Gasteiger partial charge is 0.366 e. The Morgan fingerprint density at radius 1 is 1.15 bits per heavy atom. The standard InChI is InChI=1S/C15H21N5/c1-4-13-18-14(11(3)15(19-13)20-16)17-9-12-7-5-6-10(2)8-12/h5-8H,4,9,16H2,1-3H3,(H2,17,18,19,20). The Hall–Kier alpha value is -2.14. The summed E-state index contributed by atoms with van der Waals surface area (Å²) in [5.41, 5.74) is 6.03. The lowest BCUT2D eigenvalue weighted by atomic mass is 10.1. The lowest BCUT2D eigenvalue weighted by Crippen LogP contribution is -2.14. The van der Waals surface area contributed by atoms with E-state index in [4.69, 9.17) is 5.84 Å². The average Bonchev–Trinajstić information content (AvgIpc) is 2.46. The summed E-state index contributed by atoms with van der Waals surface area (Å²) >= 11 is 0. The molecule has 106 valence electrons. The van der Waals surface area contributed by atoms with Gasteiger partial charge in [-0.3, -0.25) is 0 Å². The second kappa shape index (κ2) is 6.34. The van der Waals surface area contributed by atoms with E-state index in [9.17, 15) is 0 Å². The van der Waals surface area contributed by atoms with Gasteiger partial charge in [-0.2, -0.15) is 0 Å². The van der Waals surface area contributed by atoms with E-state index in [1.54, 1.807) is 0 Å². The van der Waals surface area contributed by atoms with Crippen molar-refractivity contribution in [1.29, 1.82) is 0 Å². The van der Waals surface area contributed by atoms with Gasteiger partial charge < -0.3 is 10.7 Å². The molecule has 2 rings (SSSR count). The number of rotatable bonds is 5. The van der Waals surface area contributed by atoms with Crippen molar-refractivity contribution in [3.63, 3.8) is 0 Å². The number of hydrogen-bond donors (Lipinski definition) is 3.